The largest absolute Gasteiger partial charge is 0.323 e. The Bertz CT molecular complexity index is 1200. The zero-order valence-corrected chi connectivity index (χ0v) is 16.4. The van der Waals surface area contributed by atoms with Gasteiger partial charge in [-0.1, -0.05) is 30.2 Å². The lowest BCUT2D eigenvalue weighted by Gasteiger charge is -2.15. The van der Waals surface area contributed by atoms with Gasteiger partial charge in [-0.2, -0.15) is 5.10 Å². The van der Waals surface area contributed by atoms with Gasteiger partial charge < -0.3 is 5.32 Å². The van der Waals surface area contributed by atoms with Gasteiger partial charge >= 0.3 is 0 Å². The number of aromatic nitrogens is 4. The zero-order chi connectivity index (χ0) is 19.8. The van der Waals surface area contributed by atoms with E-state index in [1.165, 1.54) is 12.1 Å². The number of benzene rings is 2. The van der Waals surface area contributed by atoms with Crippen molar-refractivity contribution in [3.63, 3.8) is 0 Å². The molecule has 2 N–H and O–H groups in total. The van der Waals surface area contributed by atoms with E-state index < -0.39 is 0 Å². The van der Waals surface area contributed by atoms with Crippen LogP contribution in [0.15, 0.2) is 42.5 Å². The summed E-state index contributed by atoms with van der Waals surface area (Å²) in [7, 11) is 0. The SMILES string of the molecule is Fc1ccc2[nH]nc(Nc3nc(-c4ccccc4Cl)nc4c3CCCCC4)c2c1. The molecule has 2 aromatic carbocycles. The fourth-order valence-corrected chi connectivity index (χ4v) is 4.05. The highest BCUT2D eigenvalue weighted by atomic mass is 35.5. The summed E-state index contributed by atoms with van der Waals surface area (Å²) in [5, 5.41) is 11.9. The lowest BCUT2D eigenvalue weighted by Crippen LogP contribution is -2.07. The molecule has 5 nitrogen and oxygen atoms in total. The van der Waals surface area contributed by atoms with E-state index in [0.29, 0.717) is 27.9 Å². The van der Waals surface area contributed by atoms with Gasteiger partial charge in [0, 0.05) is 22.2 Å². The number of rotatable bonds is 3. The van der Waals surface area contributed by atoms with Crippen molar-refractivity contribution in [1.29, 1.82) is 0 Å². The van der Waals surface area contributed by atoms with E-state index in [0.717, 1.165) is 54.4 Å². The molecular formula is C22H19ClFN5. The zero-order valence-electron chi connectivity index (χ0n) is 15.7. The average molecular weight is 408 g/mol. The summed E-state index contributed by atoms with van der Waals surface area (Å²) in [4.78, 5) is 9.66. The Labute approximate surface area is 172 Å². The molecule has 4 aromatic rings. The minimum atomic E-state index is -0.305. The van der Waals surface area contributed by atoms with Crippen LogP contribution >= 0.6 is 11.6 Å². The van der Waals surface area contributed by atoms with Crippen molar-refractivity contribution < 1.29 is 4.39 Å². The van der Waals surface area contributed by atoms with Crippen LogP contribution in [0, 0.1) is 5.82 Å². The van der Waals surface area contributed by atoms with Crippen LogP contribution in [0.1, 0.15) is 30.5 Å². The lowest BCUT2D eigenvalue weighted by atomic mass is 10.1. The second-order valence-electron chi connectivity index (χ2n) is 7.25. The number of aryl methyl sites for hydroxylation is 1. The first kappa shape index (κ1) is 18.1. The number of H-pyrrole nitrogens is 1. The lowest BCUT2D eigenvalue weighted by molar-refractivity contribution is 0.630. The molecule has 2 heterocycles. The number of aromatic amines is 1. The Kier molecular flexibility index (Phi) is 4.64. The number of fused-ring (bicyclic) bond motifs is 2. The van der Waals surface area contributed by atoms with Crippen molar-refractivity contribution in [3.05, 3.63) is 64.6 Å². The first-order chi connectivity index (χ1) is 14.2. The van der Waals surface area contributed by atoms with Crippen LogP contribution in [0.4, 0.5) is 16.0 Å². The number of hydrogen-bond donors (Lipinski definition) is 2. The van der Waals surface area contributed by atoms with Crippen LogP contribution in [0.3, 0.4) is 0 Å². The second kappa shape index (κ2) is 7.44. The van der Waals surface area contributed by atoms with Crippen molar-refractivity contribution in [3.8, 4) is 11.4 Å². The first-order valence-electron chi connectivity index (χ1n) is 9.74. The molecule has 0 aliphatic heterocycles. The van der Waals surface area contributed by atoms with Crippen LogP contribution in [0.5, 0.6) is 0 Å². The second-order valence-corrected chi connectivity index (χ2v) is 7.66. The summed E-state index contributed by atoms with van der Waals surface area (Å²) < 4.78 is 13.8. The Balaban J connectivity index is 1.65. The fourth-order valence-electron chi connectivity index (χ4n) is 3.83. The van der Waals surface area contributed by atoms with Crippen LogP contribution in [-0.2, 0) is 12.8 Å². The molecule has 0 unspecified atom stereocenters. The maximum atomic E-state index is 13.8. The molecule has 0 spiro atoms. The van der Waals surface area contributed by atoms with E-state index in [9.17, 15) is 4.39 Å². The summed E-state index contributed by atoms with van der Waals surface area (Å²) in [5.74, 6) is 1.55. The van der Waals surface area contributed by atoms with Crippen LogP contribution in [0.2, 0.25) is 5.02 Å². The van der Waals surface area contributed by atoms with Gasteiger partial charge in [0.15, 0.2) is 11.6 Å². The third-order valence-electron chi connectivity index (χ3n) is 5.31. The molecular weight excluding hydrogens is 389 g/mol. The minimum Gasteiger partial charge on any atom is -0.323 e. The van der Waals surface area contributed by atoms with Crippen molar-refractivity contribution >= 4 is 34.1 Å². The molecule has 0 radical (unpaired) electrons. The first-order valence-corrected chi connectivity index (χ1v) is 10.1. The van der Waals surface area contributed by atoms with Gasteiger partial charge in [-0.3, -0.25) is 5.10 Å². The number of anilines is 2. The maximum Gasteiger partial charge on any atom is 0.163 e. The van der Waals surface area contributed by atoms with Crippen LogP contribution in [0.25, 0.3) is 22.3 Å². The predicted molar refractivity (Wildman–Crippen MR) is 113 cm³/mol. The smallest absolute Gasteiger partial charge is 0.163 e. The van der Waals surface area contributed by atoms with E-state index >= 15 is 0 Å². The summed E-state index contributed by atoms with van der Waals surface area (Å²) in [5.41, 5.74) is 3.70. The minimum absolute atomic E-state index is 0.305. The molecule has 29 heavy (non-hydrogen) atoms. The Morgan fingerprint density at radius 1 is 0.966 bits per heavy atom. The third kappa shape index (κ3) is 3.44. The standard InChI is InChI=1S/C22H19ClFN5/c23-17-8-5-4-6-14(17)20-25-18-9-3-1-2-7-15(18)21(26-20)27-22-16-12-13(24)10-11-19(16)28-29-22/h4-6,8,10-12H,1-3,7,9H2,(H2,25,26,27,28,29). The molecule has 0 bridgehead atoms. The van der Waals surface area contributed by atoms with E-state index in [2.05, 4.69) is 15.5 Å². The van der Waals surface area contributed by atoms with Crippen molar-refractivity contribution in [2.45, 2.75) is 32.1 Å². The normalized spacial score (nSPS) is 13.9. The predicted octanol–water partition coefficient (Wildman–Crippen LogP) is 5.82. The van der Waals surface area contributed by atoms with Gasteiger partial charge in [0.1, 0.15) is 11.6 Å². The number of nitrogens with one attached hydrogen (secondary N) is 2. The topological polar surface area (TPSA) is 66.5 Å². The van der Waals surface area contributed by atoms with Crippen LogP contribution < -0.4 is 5.32 Å². The fraction of sp³-hybridized carbons (Fsp3) is 0.227. The van der Waals surface area contributed by atoms with E-state index in [1.54, 1.807) is 6.07 Å². The number of halogens is 2. The molecule has 0 saturated carbocycles. The Morgan fingerprint density at radius 3 is 2.72 bits per heavy atom. The van der Waals surface area contributed by atoms with Crippen molar-refractivity contribution in [2.75, 3.05) is 5.32 Å². The van der Waals surface area contributed by atoms with Crippen molar-refractivity contribution in [2.24, 2.45) is 0 Å². The van der Waals surface area contributed by atoms with E-state index in [1.807, 2.05) is 24.3 Å². The quantitative estimate of drug-likeness (QED) is 0.419. The summed E-state index contributed by atoms with van der Waals surface area (Å²) in [6.45, 7) is 0. The van der Waals surface area contributed by atoms with Gasteiger partial charge in [0.2, 0.25) is 0 Å². The van der Waals surface area contributed by atoms with Gasteiger partial charge in [-0.05, 0) is 56.0 Å². The summed E-state index contributed by atoms with van der Waals surface area (Å²) >= 11 is 6.41. The molecule has 1 aliphatic rings. The third-order valence-corrected chi connectivity index (χ3v) is 5.64. The molecule has 0 saturated heterocycles. The molecule has 5 rings (SSSR count). The van der Waals surface area contributed by atoms with E-state index in [-0.39, 0.29) is 5.82 Å². The van der Waals surface area contributed by atoms with Crippen LogP contribution in [-0.4, -0.2) is 20.2 Å². The average Bonchev–Trinajstić information content (AvgIpc) is 2.95. The van der Waals surface area contributed by atoms with Gasteiger partial charge in [-0.25, -0.2) is 14.4 Å². The monoisotopic (exact) mass is 407 g/mol. The Morgan fingerprint density at radius 2 is 1.83 bits per heavy atom. The molecule has 0 fully saturated rings. The molecule has 0 atom stereocenters. The number of nitrogens with zero attached hydrogens (tertiary/aromatic N) is 3. The summed E-state index contributed by atoms with van der Waals surface area (Å²) in [6, 6.07) is 12.1. The van der Waals surface area contributed by atoms with Gasteiger partial charge in [0.05, 0.1) is 10.5 Å². The Hall–Kier alpha value is -2.99. The molecule has 2 aromatic heterocycles. The molecule has 146 valence electrons. The maximum absolute atomic E-state index is 13.8. The van der Waals surface area contributed by atoms with Crippen molar-refractivity contribution in [1.82, 2.24) is 20.2 Å². The highest BCUT2D eigenvalue weighted by Gasteiger charge is 2.20. The summed E-state index contributed by atoms with van der Waals surface area (Å²) in [6.07, 6.45) is 5.15. The van der Waals surface area contributed by atoms with Gasteiger partial charge in [-0.15, -0.1) is 0 Å². The molecule has 1 aliphatic carbocycles. The van der Waals surface area contributed by atoms with E-state index in [4.69, 9.17) is 21.6 Å². The highest BCUT2D eigenvalue weighted by molar-refractivity contribution is 6.33. The number of hydrogen-bond acceptors (Lipinski definition) is 4. The molecule has 7 heteroatoms. The van der Waals surface area contributed by atoms with Gasteiger partial charge in [0.25, 0.3) is 0 Å². The molecule has 0 amide bonds. The highest BCUT2D eigenvalue weighted by Crippen LogP contribution is 2.33.